The SMILES string of the molecule is CCn1nc(C(C)C)cc1C(=O)N1CC[C@H](c2ccccc2Cl)C1. The maximum atomic E-state index is 13.0. The molecule has 0 unspecified atom stereocenters. The molecule has 2 heterocycles. The van der Waals surface area contributed by atoms with Crippen LogP contribution in [0.15, 0.2) is 30.3 Å². The number of rotatable bonds is 4. The van der Waals surface area contributed by atoms with Crippen molar-refractivity contribution in [1.82, 2.24) is 14.7 Å². The molecule has 3 rings (SSSR count). The largest absolute Gasteiger partial charge is 0.337 e. The number of likely N-dealkylation sites (tertiary alicyclic amines) is 1. The summed E-state index contributed by atoms with van der Waals surface area (Å²) < 4.78 is 1.82. The van der Waals surface area contributed by atoms with Crippen molar-refractivity contribution in [2.24, 2.45) is 0 Å². The molecule has 4 nitrogen and oxygen atoms in total. The van der Waals surface area contributed by atoms with Gasteiger partial charge in [-0.1, -0.05) is 43.6 Å². The van der Waals surface area contributed by atoms with Crippen molar-refractivity contribution in [2.75, 3.05) is 13.1 Å². The van der Waals surface area contributed by atoms with Crippen LogP contribution in [-0.4, -0.2) is 33.7 Å². The fraction of sp³-hybridized carbons (Fsp3) is 0.474. The van der Waals surface area contributed by atoms with E-state index in [1.54, 1.807) is 0 Å². The number of hydrogen-bond donors (Lipinski definition) is 0. The molecular formula is C19H24ClN3O. The summed E-state index contributed by atoms with van der Waals surface area (Å²) in [5.41, 5.74) is 2.81. The van der Waals surface area contributed by atoms with Gasteiger partial charge in [-0.15, -0.1) is 0 Å². The van der Waals surface area contributed by atoms with Crippen LogP contribution in [0.2, 0.25) is 5.02 Å². The highest BCUT2D eigenvalue weighted by molar-refractivity contribution is 6.31. The lowest BCUT2D eigenvalue weighted by molar-refractivity contribution is 0.0778. The Bertz CT molecular complexity index is 738. The third-order valence-corrected chi connectivity index (χ3v) is 5.07. The minimum atomic E-state index is 0.0748. The number of hydrogen-bond acceptors (Lipinski definition) is 2. The van der Waals surface area contributed by atoms with Crippen molar-refractivity contribution in [3.63, 3.8) is 0 Å². The molecule has 1 aromatic heterocycles. The average molecular weight is 346 g/mol. The van der Waals surface area contributed by atoms with Gasteiger partial charge in [-0.25, -0.2) is 0 Å². The number of aryl methyl sites for hydroxylation is 1. The monoisotopic (exact) mass is 345 g/mol. The van der Waals surface area contributed by atoms with Crippen LogP contribution in [0.1, 0.15) is 60.8 Å². The van der Waals surface area contributed by atoms with Gasteiger partial charge in [0.25, 0.3) is 5.91 Å². The Morgan fingerprint density at radius 2 is 2.12 bits per heavy atom. The van der Waals surface area contributed by atoms with E-state index in [4.69, 9.17) is 11.6 Å². The lowest BCUT2D eigenvalue weighted by atomic mass is 9.98. The highest BCUT2D eigenvalue weighted by Gasteiger charge is 2.30. The maximum absolute atomic E-state index is 13.0. The van der Waals surface area contributed by atoms with E-state index in [9.17, 15) is 4.79 Å². The molecule has 0 aliphatic carbocycles. The van der Waals surface area contributed by atoms with Gasteiger partial charge < -0.3 is 4.90 Å². The molecule has 2 aromatic rings. The molecule has 1 amide bonds. The number of amides is 1. The molecule has 24 heavy (non-hydrogen) atoms. The van der Waals surface area contributed by atoms with Gasteiger partial charge in [0.2, 0.25) is 0 Å². The molecule has 1 saturated heterocycles. The molecule has 1 aliphatic heterocycles. The molecule has 0 bridgehead atoms. The molecule has 0 N–H and O–H groups in total. The van der Waals surface area contributed by atoms with Crippen molar-refractivity contribution in [1.29, 1.82) is 0 Å². The number of nitrogens with zero attached hydrogens (tertiary/aromatic N) is 3. The standard InChI is InChI=1S/C19H24ClN3O/c1-4-23-18(11-17(21-23)13(2)3)19(24)22-10-9-14(12-22)15-7-5-6-8-16(15)20/h5-8,11,13-14H,4,9-10,12H2,1-3H3/t14-/m0/s1. The number of carbonyl (C=O) groups is 1. The van der Waals surface area contributed by atoms with Crippen LogP contribution < -0.4 is 0 Å². The lowest BCUT2D eigenvalue weighted by Crippen LogP contribution is -2.30. The first-order chi connectivity index (χ1) is 11.5. The first kappa shape index (κ1) is 17.0. The molecule has 1 aromatic carbocycles. The first-order valence-corrected chi connectivity index (χ1v) is 9.00. The minimum Gasteiger partial charge on any atom is -0.337 e. The van der Waals surface area contributed by atoms with Gasteiger partial charge in [-0.05, 0) is 37.0 Å². The van der Waals surface area contributed by atoms with Crippen molar-refractivity contribution in [2.45, 2.75) is 45.6 Å². The van der Waals surface area contributed by atoms with Crippen LogP contribution in [-0.2, 0) is 6.54 Å². The third-order valence-electron chi connectivity index (χ3n) is 4.73. The second kappa shape index (κ2) is 6.98. The van der Waals surface area contributed by atoms with E-state index in [1.165, 1.54) is 0 Å². The minimum absolute atomic E-state index is 0.0748. The molecule has 1 fully saturated rings. The third kappa shape index (κ3) is 3.20. The highest BCUT2D eigenvalue weighted by Crippen LogP contribution is 2.32. The number of halogens is 1. The lowest BCUT2D eigenvalue weighted by Gasteiger charge is -2.17. The predicted octanol–water partition coefficient (Wildman–Crippen LogP) is 4.31. The van der Waals surface area contributed by atoms with Gasteiger partial charge in [-0.2, -0.15) is 5.10 Å². The molecular weight excluding hydrogens is 322 g/mol. The molecule has 0 spiro atoms. The number of carbonyl (C=O) groups excluding carboxylic acids is 1. The van der Waals surface area contributed by atoms with Crippen LogP contribution >= 0.6 is 11.6 Å². The topological polar surface area (TPSA) is 38.1 Å². The van der Waals surface area contributed by atoms with Crippen LogP contribution in [0.4, 0.5) is 0 Å². The van der Waals surface area contributed by atoms with Gasteiger partial charge in [0, 0.05) is 30.6 Å². The van der Waals surface area contributed by atoms with E-state index < -0.39 is 0 Å². The summed E-state index contributed by atoms with van der Waals surface area (Å²) in [6.45, 7) is 8.40. The summed E-state index contributed by atoms with van der Waals surface area (Å²) in [4.78, 5) is 14.9. The summed E-state index contributed by atoms with van der Waals surface area (Å²) in [5.74, 6) is 0.704. The van der Waals surface area contributed by atoms with Crippen molar-refractivity contribution in [3.8, 4) is 0 Å². The van der Waals surface area contributed by atoms with E-state index in [-0.39, 0.29) is 5.91 Å². The van der Waals surface area contributed by atoms with Crippen LogP contribution in [0.25, 0.3) is 0 Å². The van der Waals surface area contributed by atoms with E-state index in [0.717, 1.165) is 29.2 Å². The Labute approximate surface area is 148 Å². The average Bonchev–Trinajstić information content (AvgIpc) is 3.21. The molecule has 5 heteroatoms. The zero-order valence-corrected chi connectivity index (χ0v) is 15.3. The Hall–Kier alpha value is -1.81. The van der Waals surface area contributed by atoms with E-state index in [1.807, 2.05) is 40.8 Å². The summed E-state index contributed by atoms with van der Waals surface area (Å²) in [6.07, 6.45) is 0.951. The summed E-state index contributed by atoms with van der Waals surface area (Å²) in [5, 5.41) is 5.35. The normalized spacial score (nSPS) is 17.7. The van der Waals surface area contributed by atoms with Crippen LogP contribution in [0.5, 0.6) is 0 Å². The summed E-state index contributed by atoms with van der Waals surface area (Å²) >= 11 is 6.32. The molecule has 128 valence electrons. The van der Waals surface area contributed by atoms with Crippen molar-refractivity contribution < 1.29 is 4.79 Å². The second-order valence-corrected chi connectivity index (χ2v) is 7.09. The number of benzene rings is 1. The highest BCUT2D eigenvalue weighted by atomic mass is 35.5. The van der Waals surface area contributed by atoms with Gasteiger partial charge >= 0.3 is 0 Å². The fourth-order valence-electron chi connectivity index (χ4n) is 3.30. The first-order valence-electron chi connectivity index (χ1n) is 8.62. The quantitative estimate of drug-likeness (QED) is 0.828. The van der Waals surface area contributed by atoms with Crippen LogP contribution in [0, 0.1) is 0 Å². The van der Waals surface area contributed by atoms with E-state index in [0.29, 0.717) is 30.6 Å². The smallest absolute Gasteiger partial charge is 0.272 e. The Balaban J connectivity index is 1.79. The van der Waals surface area contributed by atoms with E-state index in [2.05, 4.69) is 25.0 Å². The number of aromatic nitrogens is 2. The van der Waals surface area contributed by atoms with Crippen molar-refractivity contribution in [3.05, 3.63) is 52.3 Å². The Morgan fingerprint density at radius 3 is 2.79 bits per heavy atom. The second-order valence-electron chi connectivity index (χ2n) is 6.68. The zero-order chi connectivity index (χ0) is 17.3. The maximum Gasteiger partial charge on any atom is 0.272 e. The fourth-order valence-corrected chi connectivity index (χ4v) is 3.59. The molecule has 1 atom stereocenters. The Kier molecular flexibility index (Phi) is 4.95. The predicted molar refractivity (Wildman–Crippen MR) is 96.7 cm³/mol. The van der Waals surface area contributed by atoms with Crippen LogP contribution in [0.3, 0.4) is 0 Å². The molecule has 0 radical (unpaired) electrons. The van der Waals surface area contributed by atoms with Gasteiger partial charge in [0.1, 0.15) is 5.69 Å². The Morgan fingerprint density at radius 1 is 1.38 bits per heavy atom. The van der Waals surface area contributed by atoms with E-state index >= 15 is 0 Å². The molecule has 1 aliphatic rings. The van der Waals surface area contributed by atoms with Gasteiger partial charge in [0.15, 0.2) is 0 Å². The van der Waals surface area contributed by atoms with Gasteiger partial charge in [-0.3, -0.25) is 9.48 Å². The van der Waals surface area contributed by atoms with Crippen molar-refractivity contribution >= 4 is 17.5 Å². The zero-order valence-electron chi connectivity index (χ0n) is 14.5. The molecule has 0 saturated carbocycles. The van der Waals surface area contributed by atoms with Gasteiger partial charge in [0.05, 0.1) is 5.69 Å². The summed E-state index contributed by atoms with van der Waals surface area (Å²) in [7, 11) is 0. The summed E-state index contributed by atoms with van der Waals surface area (Å²) in [6, 6.07) is 9.87.